The maximum Gasteiger partial charge on any atom is 0.331 e. The first kappa shape index (κ1) is 22.3. The van der Waals surface area contributed by atoms with Gasteiger partial charge in [-0.2, -0.15) is 0 Å². The Kier molecular flexibility index (Phi) is 7.90. The van der Waals surface area contributed by atoms with Gasteiger partial charge in [0.25, 0.3) is 0 Å². The van der Waals surface area contributed by atoms with Crippen molar-refractivity contribution in [2.24, 2.45) is 5.92 Å². The molecule has 1 aliphatic rings. The van der Waals surface area contributed by atoms with Crippen LogP contribution in [0.1, 0.15) is 73.1 Å². The Hall–Kier alpha value is -1.79. The SMILES string of the molecule is COC(=O)C1(NC(=O)N[C@@H](CC(C)C)C(=O)OC(C)(C)C)CCCCC1. The lowest BCUT2D eigenvalue weighted by Gasteiger charge is -2.35. The predicted molar refractivity (Wildman–Crippen MR) is 98.6 cm³/mol. The number of hydrogen-bond donors (Lipinski definition) is 2. The van der Waals surface area contributed by atoms with Crippen molar-refractivity contribution in [3.05, 3.63) is 0 Å². The monoisotopic (exact) mass is 370 g/mol. The van der Waals surface area contributed by atoms with Crippen LogP contribution in [-0.2, 0) is 19.1 Å². The molecule has 0 aromatic heterocycles. The van der Waals surface area contributed by atoms with Crippen molar-refractivity contribution < 1.29 is 23.9 Å². The van der Waals surface area contributed by atoms with E-state index in [9.17, 15) is 14.4 Å². The highest BCUT2D eigenvalue weighted by Gasteiger charge is 2.42. The molecular weight excluding hydrogens is 336 g/mol. The van der Waals surface area contributed by atoms with E-state index in [4.69, 9.17) is 9.47 Å². The highest BCUT2D eigenvalue weighted by molar-refractivity contribution is 5.89. The number of ether oxygens (including phenoxy) is 2. The number of nitrogens with one attached hydrogen (secondary N) is 2. The van der Waals surface area contributed by atoms with Crippen LogP contribution >= 0.6 is 0 Å². The summed E-state index contributed by atoms with van der Waals surface area (Å²) in [6, 6.07) is -1.32. The van der Waals surface area contributed by atoms with Gasteiger partial charge in [-0.1, -0.05) is 33.1 Å². The quantitative estimate of drug-likeness (QED) is 0.701. The van der Waals surface area contributed by atoms with Gasteiger partial charge in [-0.25, -0.2) is 14.4 Å². The molecule has 0 heterocycles. The van der Waals surface area contributed by atoms with Crippen LogP contribution in [0.25, 0.3) is 0 Å². The summed E-state index contributed by atoms with van der Waals surface area (Å²) in [6.45, 7) is 9.28. The molecular formula is C19H34N2O5. The number of urea groups is 1. The van der Waals surface area contributed by atoms with E-state index in [1.807, 2.05) is 13.8 Å². The van der Waals surface area contributed by atoms with E-state index in [1.54, 1.807) is 20.8 Å². The number of hydrogen-bond acceptors (Lipinski definition) is 5. The summed E-state index contributed by atoms with van der Waals surface area (Å²) in [6.07, 6.45) is 4.24. The van der Waals surface area contributed by atoms with Crippen molar-refractivity contribution in [1.29, 1.82) is 0 Å². The Morgan fingerprint density at radius 2 is 1.65 bits per heavy atom. The Balaban J connectivity index is 2.84. The molecule has 2 amide bonds. The van der Waals surface area contributed by atoms with Crippen LogP contribution in [0.3, 0.4) is 0 Å². The molecule has 0 radical (unpaired) electrons. The summed E-state index contributed by atoms with van der Waals surface area (Å²) >= 11 is 0. The lowest BCUT2D eigenvalue weighted by molar-refractivity contribution is -0.157. The van der Waals surface area contributed by atoms with Crippen molar-refractivity contribution in [3.63, 3.8) is 0 Å². The fraction of sp³-hybridized carbons (Fsp3) is 0.842. The van der Waals surface area contributed by atoms with E-state index in [1.165, 1.54) is 7.11 Å². The fourth-order valence-electron chi connectivity index (χ4n) is 3.20. The average molecular weight is 370 g/mol. The van der Waals surface area contributed by atoms with E-state index >= 15 is 0 Å². The molecule has 7 heteroatoms. The highest BCUT2D eigenvalue weighted by Crippen LogP contribution is 2.29. The molecule has 0 saturated heterocycles. The van der Waals surface area contributed by atoms with E-state index < -0.39 is 35.2 Å². The molecule has 1 fully saturated rings. The first-order valence-corrected chi connectivity index (χ1v) is 9.39. The van der Waals surface area contributed by atoms with Gasteiger partial charge in [-0.05, 0) is 46.0 Å². The largest absolute Gasteiger partial charge is 0.467 e. The minimum atomic E-state index is -1.02. The summed E-state index contributed by atoms with van der Waals surface area (Å²) in [7, 11) is 1.32. The molecule has 150 valence electrons. The van der Waals surface area contributed by atoms with Crippen molar-refractivity contribution >= 4 is 18.0 Å². The minimum Gasteiger partial charge on any atom is -0.467 e. The normalized spacial score (nSPS) is 18.0. The molecule has 1 rings (SSSR count). The smallest absolute Gasteiger partial charge is 0.331 e. The second-order valence-electron chi connectivity index (χ2n) is 8.45. The van der Waals surface area contributed by atoms with Crippen LogP contribution in [-0.4, -0.2) is 42.3 Å². The summed E-state index contributed by atoms with van der Waals surface area (Å²) in [5.41, 5.74) is -1.66. The Bertz CT molecular complexity index is 505. The van der Waals surface area contributed by atoms with Crippen LogP contribution in [0.2, 0.25) is 0 Å². The minimum absolute atomic E-state index is 0.192. The van der Waals surface area contributed by atoms with Crippen LogP contribution < -0.4 is 10.6 Å². The zero-order chi connectivity index (χ0) is 20.0. The Morgan fingerprint density at radius 3 is 2.12 bits per heavy atom. The van der Waals surface area contributed by atoms with Gasteiger partial charge in [0, 0.05) is 0 Å². The van der Waals surface area contributed by atoms with Crippen LogP contribution in [0, 0.1) is 5.92 Å². The second kappa shape index (κ2) is 9.24. The third-order valence-electron chi connectivity index (χ3n) is 4.34. The summed E-state index contributed by atoms with van der Waals surface area (Å²) in [4.78, 5) is 37.2. The zero-order valence-corrected chi connectivity index (χ0v) is 16.9. The molecule has 0 aromatic rings. The van der Waals surface area contributed by atoms with Crippen molar-refractivity contribution in [2.45, 2.75) is 90.3 Å². The van der Waals surface area contributed by atoms with Gasteiger partial charge < -0.3 is 20.1 Å². The lowest BCUT2D eigenvalue weighted by Crippen LogP contribution is -2.60. The first-order valence-electron chi connectivity index (χ1n) is 9.39. The van der Waals surface area contributed by atoms with Crippen LogP contribution in [0.4, 0.5) is 4.79 Å². The van der Waals surface area contributed by atoms with Crippen molar-refractivity contribution in [2.75, 3.05) is 7.11 Å². The maximum atomic E-state index is 12.6. The highest BCUT2D eigenvalue weighted by atomic mass is 16.6. The predicted octanol–water partition coefficient (Wildman–Crippen LogP) is 2.92. The third-order valence-corrected chi connectivity index (χ3v) is 4.34. The summed E-state index contributed by atoms with van der Waals surface area (Å²) < 4.78 is 10.3. The van der Waals surface area contributed by atoms with Crippen molar-refractivity contribution in [1.82, 2.24) is 10.6 Å². The second-order valence-corrected chi connectivity index (χ2v) is 8.45. The van der Waals surface area contributed by atoms with Crippen LogP contribution in [0.5, 0.6) is 0 Å². The fourth-order valence-corrected chi connectivity index (χ4v) is 3.20. The third kappa shape index (κ3) is 6.84. The molecule has 1 atom stereocenters. The topological polar surface area (TPSA) is 93.7 Å². The van der Waals surface area contributed by atoms with E-state index in [2.05, 4.69) is 10.6 Å². The Morgan fingerprint density at radius 1 is 1.08 bits per heavy atom. The molecule has 2 N–H and O–H groups in total. The van der Waals surface area contributed by atoms with Gasteiger partial charge in [-0.3, -0.25) is 0 Å². The number of amides is 2. The molecule has 0 spiro atoms. The number of esters is 2. The van der Waals surface area contributed by atoms with Crippen molar-refractivity contribution in [3.8, 4) is 0 Å². The zero-order valence-electron chi connectivity index (χ0n) is 16.9. The molecule has 7 nitrogen and oxygen atoms in total. The molecule has 0 bridgehead atoms. The van der Waals surface area contributed by atoms with Gasteiger partial charge in [-0.15, -0.1) is 0 Å². The number of rotatable bonds is 6. The van der Waals surface area contributed by atoms with Gasteiger partial charge in [0.05, 0.1) is 7.11 Å². The maximum absolute atomic E-state index is 12.6. The van der Waals surface area contributed by atoms with Gasteiger partial charge in [0.2, 0.25) is 0 Å². The lowest BCUT2D eigenvalue weighted by atomic mass is 9.81. The number of methoxy groups -OCH3 is 1. The number of carbonyl (C=O) groups excluding carboxylic acids is 3. The summed E-state index contributed by atoms with van der Waals surface area (Å²) in [5.74, 6) is -0.723. The average Bonchev–Trinajstić information content (AvgIpc) is 2.52. The molecule has 1 saturated carbocycles. The molecule has 26 heavy (non-hydrogen) atoms. The van der Waals surface area contributed by atoms with Gasteiger partial charge >= 0.3 is 18.0 Å². The molecule has 1 aliphatic carbocycles. The molecule has 0 unspecified atom stereocenters. The van der Waals surface area contributed by atoms with Gasteiger partial charge in [0.1, 0.15) is 17.2 Å². The summed E-state index contributed by atoms with van der Waals surface area (Å²) in [5, 5.41) is 5.46. The number of carbonyl (C=O) groups is 3. The molecule has 0 aromatic carbocycles. The first-order chi connectivity index (χ1) is 12.0. The standard InChI is InChI=1S/C19H34N2O5/c1-13(2)12-14(15(22)26-18(3,4)5)20-17(24)21-19(16(23)25-6)10-8-7-9-11-19/h13-14H,7-12H2,1-6H3,(H2,20,21,24)/t14-/m0/s1. The molecule has 0 aliphatic heterocycles. The van der Waals surface area contributed by atoms with Gasteiger partial charge in [0.15, 0.2) is 0 Å². The Labute approximate surface area is 156 Å². The van der Waals surface area contributed by atoms with E-state index in [0.29, 0.717) is 19.3 Å². The van der Waals surface area contributed by atoms with E-state index in [-0.39, 0.29) is 5.92 Å². The van der Waals surface area contributed by atoms with E-state index in [0.717, 1.165) is 19.3 Å². The van der Waals surface area contributed by atoms with Crippen LogP contribution in [0.15, 0.2) is 0 Å².